The van der Waals surface area contributed by atoms with Crippen molar-refractivity contribution in [1.29, 1.82) is 0 Å². The summed E-state index contributed by atoms with van der Waals surface area (Å²) < 4.78 is 0.737. The van der Waals surface area contributed by atoms with Crippen molar-refractivity contribution in [3.63, 3.8) is 0 Å². The van der Waals surface area contributed by atoms with Crippen LogP contribution in [-0.4, -0.2) is 29.2 Å². The molecule has 0 saturated carbocycles. The molecule has 0 spiro atoms. The molecule has 0 atom stereocenters. The molecule has 1 heterocycles. The first-order valence-corrected chi connectivity index (χ1v) is 7.86. The van der Waals surface area contributed by atoms with Gasteiger partial charge in [0.05, 0.1) is 11.1 Å². The first-order valence-electron chi connectivity index (χ1n) is 7.07. The van der Waals surface area contributed by atoms with Gasteiger partial charge in [-0.1, -0.05) is 34.1 Å². The van der Waals surface area contributed by atoms with Crippen molar-refractivity contribution >= 4 is 39.3 Å². The number of amides is 3. The van der Waals surface area contributed by atoms with Crippen LogP contribution in [0.25, 0.3) is 0 Å². The molecule has 0 saturated heterocycles. The fourth-order valence-corrected chi connectivity index (χ4v) is 2.79. The van der Waals surface area contributed by atoms with Crippen LogP contribution < -0.4 is 5.32 Å². The Kier molecular flexibility index (Phi) is 4.25. The van der Waals surface area contributed by atoms with Crippen LogP contribution in [0.2, 0.25) is 0 Å². The van der Waals surface area contributed by atoms with Gasteiger partial charge in [0, 0.05) is 23.1 Å². The molecule has 0 radical (unpaired) electrons. The average Bonchev–Trinajstić information content (AvgIpc) is 2.77. The van der Waals surface area contributed by atoms with Crippen LogP contribution in [0, 0.1) is 0 Å². The van der Waals surface area contributed by atoms with Crippen LogP contribution in [0.5, 0.6) is 0 Å². The highest BCUT2D eigenvalue weighted by atomic mass is 79.9. The van der Waals surface area contributed by atoms with E-state index >= 15 is 0 Å². The van der Waals surface area contributed by atoms with Gasteiger partial charge in [-0.25, -0.2) is 0 Å². The summed E-state index contributed by atoms with van der Waals surface area (Å²) in [5.74, 6) is -0.960. The Balaban J connectivity index is 1.64. The minimum Gasteiger partial charge on any atom is -0.326 e. The van der Waals surface area contributed by atoms with Crippen LogP contribution in [0.3, 0.4) is 0 Å². The molecule has 0 aliphatic carbocycles. The van der Waals surface area contributed by atoms with Gasteiger partial charge in [-0.05, 0) is 30.3 Å². The Labute approximate surface area is 141 Å². The lowest BCUT2D eigenvalue weighted by atomic mass is 10.1. The highest BCUT2D eigenvalue weighted by Gasteiger charge is 2.35. The number of carbonyl (C=O) groups is 3. The van der Waals surface area contributed by atoms with Crippen molar-refractivity contribution in [2.45, 2.75) is 6.42 Å². The van der Waals surface area contributed by atoms with Gasteiger partial charge in [-0.2, -0.15) is 0 Å². The average molecular weight is 373 g/mol. The van der Waals surface area contributed by atoms with Crippen molar-refractivity contribution in [2.75, 3.05) is 11.9 Å². The number of para-hydroxylation sites is 1. The number of rotatable bonds is 4. The van der Waals surface area contributed by atoms with Crippen LogP contribution >= 0.6 is 15.9 Å². The Bertz CT molecular complexity index is 790. The fourth-order valence-electron chi connectivity index (χ4n) is 2.42. The summed E-state index contributed by atoms with van der Waals surface area (Å²) in [5.41, 5.74) is 1.43. The number of imide groups is 1. The third kappa shape index (κ3) is 3.17. The van der Waals surface area contributed by atoms with Gasteiger partial charge in [0.2, 0.25) is 5.91 Å². The lowest BCUT2D eigenvalue weighted by Gasteiger charge is -2.13. The summed E-state index contributed by atoms with van der Waals surface area (Å²) >= 11 is 3.29. The largest absolute Gasteiger partial charge is 0.326 e. The van der Waals surface area contributed by atoms with E-state index in [9.17, 15) is 14.4 Å². The van der Waals surface area contributed by atoms with E-state index in [4.69, 9.17) is 0 Å². The van der Waals surface area contributed by atoms with Crippen molar-refractivity contribution in [2.24, 2.45) is 0 Å². The van der Waals surface area contributed by atoms with E-state index in [0.29, 0.717) is 16.8 Å². The smallest absolute Gasteiger partial charge is 0.261 e. The molecular formula is C17H13BrN2O3. The number of halogens is 1. The predicted octanol–water partition coefficient (Wildman–Crippen LogP) is 3.07. The van der Waals surface area contributed by atoms with E-state index in [1.165, 1.54) is 0 Å². The zero-order chi connectivity index (χ0) is 16.4. The molecule has 0 aromatic heterocycles. The summed E-state index contributed by atoms with van der Waals surface area (Å²) in [7, 11) is 0. The maximum absolute atomic E-state index is 12.3. The molecule has 116 valence electrons. The van der Waals surface area contributed by atoms with E-state index in [1.807, 2.05) is 18.2 Å². The van der Waals surface area contributed by atoms with Gasteiger partial charge in [0.25, 0.3) is 11.8 Å². The topological polar surface area (TPSA) is 66.5 Å². The molecule has 2 aromatic carbocycles. The van der Waals surface area contributed by atoms with Gasteiger partial charge in [-0.15, -0.1) is 0 Å². The minimum atomic E-state index is -0.362. The molecule has 0 unspecified atom stereocenters. The molecule has 0 fully saturated rings. The second kappa shape index (κ2) is 6.34. The van der Waals surface area contributed by atoms with E-state index in [0.717, 1.165) is 9.37 Å². The SMILES string of the molecule is O=C(CCN1C(=O)c2ccc(Br)cc2C1=O)Nc1ccccc1. The summed E-state index contributed by atoms with van der Waals surface area (Å²) in [4.78, 5) is 37.6. The number of benzene rings is 2. The van der Waals surface area contributed by atoms with Gasteiger partial charge in [0.1, 0.15) is 0 Å². The van der Waals surface area contributed by atoms with Crippen LogP contribution in [0.1, 0.15) is 27.1 Å². The van der Waals surface area contributed by atoms with Crippen LogP contribution in [-0.2, 0) is 4.79 Å². The minimum absolute atomic E-state index is 0.0571. The van der Waals surface area contributed by atoms with Crippen molar-refractivity contribution in [3.8, 4) is 0 Å². The predicted molar refractivity (Wildman–Crippen MR) is 89.2 cm³/mol. The number of fused-ring (bicyclic) bond motifs is 1. The number of carbonyl (C=O) groups excluding carboxylic acids is 3. The van der Waals surface area contributed by atoms with Gasteiger partial charge < -0.3 is 5.32 Å². The Morgan fingerprint density at radius 2 is 1.70 bits per heavy atom. The number of hydrogen-bond donors (Lipinski definition) is 1. The quantitative estimate of drug-likeness (QED) is 0.838. The second-order valence-corrected chi connectivity index (χ2v) is 6.03. The van der Waals surface area contributed by atoms with E-state index in [2.05, 4.69) is 21.2 Å². The van der Waals surface area contributed by atoms with E-state index < -0.39 is 0 Å². The number of hydrogen-bond acceptors (Lipinski definition) is 3. The molecule has 23 heavy (non-hydrogen) atoms. The lowest BCUT2D eigenvalue weighted by Crippen LogP contribution is -2.32. The first kappa shape index (κ1) is 15.4. The summed E-state index contributed by atoms with van der Waals surface area (Å²) in [6, 6.07) is 14.0. The highest BCUT2D eigenvalue weighted by molar-refractivity contribution is 9.10. The molecule has 3 amide bonds. The van der Waals surface area contributed by atoms with Gasteiger partial charge >= 0.3 is 0 Å². The molecule has 5 nitrogen and oxygen atoms in total. The fraction of sp³-hybridized carbons (Fsp3) is 0.118. The maximum Gasteiger partial charge on any atom is 0.261 e. The third-order valence-corrected chi connectivity index (χ3v) is 4.05. The van der Waals surface area contributed by atoms with E-state index in [1.54, 1.807) is 30.3 Å². The Morgan fingerprint density at radius 1 is 1.00 bits per heavy atom. The molecule has 0 bridgehead atoms. The van der Waals surface area contributed by atoms with Crippen molar-refractivity contribution in [3.05, 3.63) is 64.1 Å². The van der Waals surface area contributed by atoms with E-state index in [-0.39, 0.29) is 30.7 Å². The maximum atomic E-state index is 12.3. The molecule has 1 N–H and O–H groups in total. The van der Waals surface area contributed by atoms with Crippen molar-refractivity contribution < 1.29 is 14.4 Å². The van der Waals surface area contributed by atoms with Gasteiger partial charge in [0.15, 0.2) is 0 Å². The van der Waals surface area contributed by atoms with Crippen molar-refractivity contribution in [1.82, 2.24) is 4.90 Å². The molecule has 6 heteroatoms. The molecule has 1 aliphatic heterocycles. The Hall–Kier alpha value is -2.47. The molecule has 2 aromatic rings. The number of nitrogens with one attached hydrogen (secondary N) is 1. The summed E-state index contributed by atoms with van der Waals surface area (Å²) in [6.45, 7) is 0.0582. The molecule has 3 rings (SSSR count). The highest BCUT2D eigenvalue weighted by Crippen LogP contribution is 2.26. The first-order chi connectivity index (χ1) is 11.1. The monoisotopic (exact) mass is 372 g/mol. The zero-order valence-electron chi connectivity index (χ0n) is 12.1. The Morgan fingerprint density at radius 3 is 2.43 bits per heavy atom. The number of anilines is 1. The zero-order valence-corrected chi connectivity index (χ0v) is 13.7. The molecule has 1 aliphatic rings. The van der Waals surface area contributed by atoms with Crippen LogP contribution in [0.15, 0.2) is 53.0 Å². The third-order valence-electron chi connectivity index (χ3n) is 3.55. The standard InChI is InChI=1S/C17H13BrN2O3/c18-11-6-7-13-14(10-11)17(23)20(16(13)22)9-8-15(21)19-12-4-2-1-3-5-12/h1-7,10H,8-9H2,(H,19,21). The summed E-state index contributed by atoms with van der Waals surface area (Å²) in [6.07, 6.45) is 0.0571. The normalized spacial score (nSPS) is 13.2. The second-order valence-electron chi connectivity index (χ2n) is 5.12. The number of nitrogens with zero attached hydrogens (tertiary/aromatic N) is 1. The molecular weight excluding hydrogens is 360 g/mol. The summed E-state index contributed by atoms with van der Waals surface area (Å²) in [5, 5.41) is 2.73. The lowest BCUT2D eigenvalue weighted by molar-refractivity contribution is -0.116. The van der Waals surface area contributed by atoms with Crippen LogP contribution in [0.4, 0.5) is 5.69 Å². The van der Waals surface area contributed by atoms with Gasteiger partial charge in [-0.3, -0.25) is 19.3 Å².